The molecule has 0 radical (unpaired) electrons. The third kappa shape index (κ3) is 8.59. The molecule has 0 fully saturated rings. The van der Waals surface area contributed by atoms with Crippen molar-refractivity contribution in [3.05, 3.63) is 35.4 Å². The molecule has 1 rings (SSSR count). The molecule has 6 heteroatoms. The van der Waals surface area contributed by atoms with Gasteiger partial charge in [0.05, 0.1) is 0 Å². The highest BCUT2D eigenvalue weighted by atomic mass is 35.5. The van der Waals surface area contributed by atoms with Gasteiger partial charge in [-0.2, -0.15) is 0 Å². The maximum absolute atomic E-state index is 11.6. The van der Waals surface area contributed by atoms with Crippen LogP contribution in [0.3, 0.4) is 0 Å². The number of nitrogens with zero attached hydrogens (tertiary/aromatic N) is 1. The highest BCUT2D eigenvalue weighted by Crippen LogP contribution is 2.12. The summed E-state index contributed by atoms with van der Waals surface area (Å²) in [4.78, 5) is 13.9. The number of carbonyl (C=O) groups excluding carboxylic acids is 1. The lowest BCUT2D eigenvalue weighted by molar-refractivity contribution is -0.121. The summed E-state index contributed by atoms with van der Waals surface area (Å²) in [6.07, 6.45) is 1.24. The quantitative estimate of drug-likeness (QED) is 0.758. The monoisotopic (exact) mass is 349 g/mol. The Hall–Kier alpha value is -0.810. The van der Waals surface area contributed by atoms with Crippen LogP contribution in [0.25, 0.3) is 0 Å². The van der Waals surface area contributed by atoms with Gasteiger partial charge in [-0.05, 0) is 45.0 Å². The Balaban J connectivity index is 0. The number of hydrogen-bond acceptors (Lipinski definition) is 3. The van der Waals surface area contributed by atoms with E-state index in [2.05, 4.69) is 43.2 Å². The van der Waals surface area contributed by atoms with E-state index >= 15 is 0 Å². The van der Waals surface area contributed by atoms with Crippen LogP contribution in [0.5, 0.6) is 0 Å². The SMILES string of the molecule is CC(C)N(C)Cc1ccccc1CNC(=O)CCCN.Cl.Cl. The van der Waals surface area contributed by atoms with Crippen molar-refractivity contribution in [1.82, 2.24) is 10.2 Å². The zero-order valence-electron chi connectivity index (χ0n) is 13.7. The molecule has 0 saturated heterocycles. The standard InChI is InChI=1S/C16H27N3O.2ClH/c1-13(2)19(3)12-15-8-5-4-7-14(15)11-18-16(20)9-6-10-17;;/h4-5,7-8,13H,6,9-12,17H2,1-3H3,(H,18,20);2*1H. The van der Waals surface area contributed by atoms with E-state index in [9.17, 15) is 4.79 Å². The van der Waals surface area contributed by atoms with E-state index in [1.54, 1.807) is 0 Å². The summed E-state index contributed by atoms with van der Waals surface area (Å²) < 4.78 is 0. The summed E-state index contributed by atoms with van der Waals surface area (Å²) in [7, 11) is 2.11. The molecule has 1 amide bonds. The number of nitrogens with one attached hydrogen (secondary N) is 1. The number of amides is 1. The number of benzene rings is 1. The van der Waals surface area contributed by atoms with Crippen molar-refractivity contribution in [3.63, 3.8) is 0 Å². The van der Waals surface area contributed by atoms with E-state index in [1.807, 2.05) is 12.1 Å². The van der Waals surface area contributed by atoms with Crippen LogP contribution >= 0.6 is 24.8 Å². The first-order valence-electron chi connectivity index (χ1n) is 7.28. The van der Waals surface area contributed by atoms with Crippen LogP contribution in [0.1, 0.15) is 37.8 Å². The zero-order valence-corrected chi connectivity index (χ0v) is 15.3. The molecule has 0 spiro atoms. The van der Waals surface area contributed by atoms with Gasteiger partial charge >= 0.3 is 0 Å². The van der Waals surface area contributed by atoms with E-state index < -0.39 is 0 Å². The summed E-state index contributed by atoms with van der Waals surface area (Å²) >= 11 is 0. The number of hydrogen-bond donors (Lipinski definition) is 2. The van der Waals surface area contributed by atoms with E-state index in [4.69, 9.17) is 5.73 Å². The molecule has 0 atom stereocenters. The second-order valence-corrected chi connectivity index (χ2v) is 5.45. The average Bonchev–Trinajstić information content (AvgIpc) is 2.44. The van der Waals surface area contributed by atoms with Crippen molar-refractivity contribution >= 4 is 30.7 Å². The van der Waals surface area contributed by atoms with Gasteiger partial charge in [-0.3, -0.25) is 9.69 Å². The van der Waals surface area contributed by atoms with E-state index in [0.29, 0.717) is 25.6 Å². The lowest BCUT2D eigenvalue weighted by atomic mass is 10.1. The van der Waals surface area contributed by atoms with Crippen molar-refractivity contribution in [1.29, 1.82) is 0 Å². The summed E-state index contributed by atoms with van der Waals surface area (Å²) in [6, 6.07) is 8.76. The Kier molecular flexibility index (Phi) is 13.5. The molecule has 1 aromatic carbocycles. The second-order valence-electron chi connectivity index (χ2n) is 5.45. The van der Waals surface area contributed by atoms with Gasteiger partial charge < -0.3 is 11.1 Å². The molecular weight excluding hydrogens is 321 g/mol. The average molecular weight is 350 g/mol. The summed E-state index contributed by atoms with van der Waals surface area (Å²) in [5, 5.41) is 2.96. The van der Waals surface area contributed by atoms with Crippen molar-refractivity contribution < 1.29 is 4.79 Å². The van der Waals surface area contributed by atoms with Crippen LogP contribution in [0.2, 0.25) is 0 Å². The molecule has 1 aromatic rings. The van der Waals surface area contributed by atoms with Gasteiger partial charge in [-0.25, -0.2) is 0 Å². The second kappa shape index (κ2) is 12.7. The maximum Gasteiger partial charge on any atom is 0.220 e. The predicted octanol–water partition coefficient (Wildman–Crippen LogP) is 2.73. The Morgan fingerprint density at radius 1 is 1.23 bits per heavy atom. The Morgan fingerprint density at radius 2 is 1.82 bits per heavy atom. The molecule has 0 saturated carbocycles. The summed E-state index contributed by atoms with van der Waals surface area (Å²) in [6.45, 7) is 6.40. The third-order valence-electron chi connectivity index (χ3n) is 3.50. The van der Waals surface area contributed by atoms with Crippen molar-refractivity contribution in [2.75, 3.05) is 13.6 Å². The van der Waals surface area contributed by atoms with Crippen LogP contribution in [0.4, 0.5) is 0 Å². The summed E-state index contributed by atoms with van der Waals surface area (Å²) in [5.41, 5.74) is 7.85. The first-order chi connectivity index (χ1) is 9.54. The van der Waals surface area contributed by atoms with Crippen LogP contribution in [-0.4, -0.2) is 30.4 Å². The molecule has 0 bridgehead atoms. The predicted molar refractivity (Wildman–Crippen MR) is 97.7 cm³/mol. The normalized spacial score (nSPS) is 10.1. The minimum absolute atomic E-state index is 0. The van der Waals surface area contributed by atoms with E-state index in [0.717, 1.165) is 13.0 Å². The van der Waals surface area contributed by atoms with E-state index in [1.165, 1.54) is 11.1 Å². The number of halogens is 2. The van der Waals surface area contributed by atoms with Crippen molar-refractivity contribution in [2.45, 2.75) is 45.8 Å². The molecule has 0 unspecified atom stereocenters. The van der Waals surface area contributed by atoms with Gasteiger partial charge in [0, 0.05) is 25.6 Å². The van der Waals surface area contributed by atoms with Crippen LogP contribution < -0.4 is 11.1 Å². The van der Waals surface area contributed by atoms with Crippen molar-refractivity contribution in [2.24, 2.45) is 5.73 Å². The molecule has 4 nitrogen and oxygen atoms in total. The fourth-order valence-electron chi connectivity index (χ4n) is 1.88. The number of rotatable bonds is 8. The van der Waals surface area contributed by atoms with Gasteiger partial charge in [-0.15, -0.1) is 24.8 Å². The van der Waals surface area contributed by atoms with Gasteiger partial charge in [0.15, 0.2) is 0 Å². The third-order valence-corrected chi connectivity index (χ3v) is 3.50. The Bertz CT molecular complexity index is 428. The van der Waals surface area contributed by atoms with Gasteiger partial charge in [0.2, 0.25) is 5.91 Å². The van der Waals surface area contributed by atoms with Gasteiger partial charge in [0.25, 0.3) is 0 Å². The molecule has 0 aliphatic heterocycles. The van der Waals surface area contributed by atoms with Crippen LogP contribution in [-0.2, 0) is 17.9 Å². The number of carbonyl (C=O) groups is 1. The fourth-order valence-corrected chi connectivity index (χ4v) is 1.88. The topological polar surface area (TPSA) is 58.4 Å². The molecule has 0 aliphatic carbocycles. The molecule has 128 valence electrons. The van der Waals surface area contributed by atoms with Gasteiger partial charge in [0.1, 0.15) is 0 Å². The first kappa shape index (κ1) is 23.5. The Labute approximate surface area is 146 Å². The molecular formula is C16H29Cl2N3O. The van der Waals surface area contributed by atoms with Gasteiger partial charge in [-0.1, -0.05) is 24.3 Å². The number of nitrogens with two attached hydrogens (primary N) is 1. The first-order valence-corrected chi connectivity index (χ1v) is 7.28. The molecule has 22 heavy (non-hydrogen) atoms. The highest BCUT2D eigenvalue weighted by molar-refractivity contribution is 5.85. The highest BCUT2D eigenvalue weighted by Gasteiger charge is 2.08. The van der Waals surface area contributed by atoms with Crippen LogP contribution in [0, 0.1) is 0 Å². The minimum atomic E-state index is 0. The lowest BCUT2D eigenvalue weighted by Crippen LogP contribution is -2.27. The smallest absolute Gasteiger partial charge is 0.220 e. The molecule has 0 heterocycles. The molecule has 3 N–H and O–H groups in total. The maximum atomic E-state index is 11.6. The minimum Gasteiger partial charge on any atom is -0.352 e. The molecule has 0 aliphatic rings. The van der Waals surface area contributed by atoms with Crippen molar-refractivity contribution in [3.8, 4) is 0 Å². The fraction of sp³-hybridized carbons (Fsp3) is 0.562. The lowest BCUT2D eigenvalue weighted by Gasteiger charge is -2.22. The largest absolute Gasteiger partial charge is 0.352 e. The Morgan fingerprint density at radius 3 is 2.36 bits per heavy atom. The summed E-state index contributed by atoms with van der Waals surface area (Å²) in [5.74, 6) is 0.0717. The van der Waals surface area contributed by atoms with E-state index in [-0.39, 0.29) is 30.7 Å². The molecule has 0 aromatic heterocycles. The zero-order chi connectivity index (χ0) is 15.0. The van der Waals surface area contributed by atoms with Crippen LogP contribution in [0.15, 0.2) is 24.3 Å².